The molecule has 0 radical (unpaired) electrons. The molecule has 1 aromatic carbocycles. The van der Waals surface area contributed by atoms with Gasteiger partial charge in [0.2, 0.25) is 0 Å². The van der Waals surface area contributed by atoms with Gasteiger partial charge in [-0.15, -0.1) is 0 Å². The summed E-state index contributed by atoms with van der Waals surface area (Å²) in [5.41, 5.74) is 5.23. The number of furan rings is 1. The highest BCUT2D eigenvalue weighted by Crippen LogP contribution is 2.15. The quantitative estimate of drug-likeness (QED) is 0.670. The highest BCUT2D eigenvalue weighted by Gasteiger charge is 2.05. The lowest BCUT2D eigenvalue weighted by Crippen LogP contribution is -2.36. The fraction of sp³-hybridized carbons (Fsp3) is 0.353. The molecule has 0 saturated carbocycles. The molecule has 2 aromatic rings. The smallest absolute Gasteiger partial charge is 0.191 e. The normalized spacial score (nSPS) is 11.5. The summed E-state index contributed by atoms with van der Waals surface area (Å²) >= 11 is 0. The molecular formula is C17H23N3O. The Morgan fingerprint density at radius 1 is 1.10 bits per heavy atom. The van der Waals surface area contributed by atoms with Crippen molar-refractivity contribution >= 4 is 5.96 Å². The maximum absolute atomic E-state index is 5.30. The summed E-state index contributed by atoms with van der Waals surface area (Å²) in [4.78, 5) is 4.23. The van der Waals surface area contributed by atoms with Crippen molar-refractivity contribution in [1.82, 2.24) is 10.6 Å². The van der Waals surface area contributed by atoms with Crippen LogP contribution in [0, 0.1) is 20.8 Å². The zero-order chi connectivity index (χ0) is 15.2. The van der Waals surface area contributed by atoms with E-state index >= 15 is 0 Å². The van der Waals surface area contributed by atoms with Gasteiger partial charge < -0.3 is 15.1 Å². The zero-order valence-electron chi connectivity index (χ0n) is 13.2. The third kappa shape index (κ3) is 4.12. The summed E-state index contributed by atoms with van der Waals surface area (Å²) in [6, 6.07) is 8.24. The lowest BCUT2D eigenvalue weighted by atomic mass is 10.00. The van der Waals surface area contributed by atoms with Crippen molar-refractivity contribution in [3.63, 3.8) is 0 Å². The first-order valence-electron chi connectivity index (χ1n) is 7.13. The predicted octanol–water partition coefficient (Wildman–Crippen LogP) is 3.07. The number of guanidine groups is 1. The molecule has 4 heteroatoms. The average Bonchev–Trinajstić information content (AvgIpc) is 2.94. The van der Waals surface area contributed by atoms with Gasteiger partial charge in [0.15, 0.2) is 5.96 Å². The molecule has 0 spiro atoms. The number of benzene rings is 1. The Hall–Kier alpha value is -2.23. The maximum Gasteiger partial charge on any atom is 0.191 e. The number of aliphatic imine (C=N–C) groups is 1. The van der Waals surface area contributed by atoms with Crippen molar-refractivity contribution in [2.45, 2.75) is 33.9 Å². The average molecular weight is 285 g/mol. The van der Waals surface area contributed by atoms with E-state index in [4.69, 9.17) is 4.42 Å². The summed E-state index contributed by atoms with van der Waals surface area (Å²) in [6.07, 6.45) is 1.67. The number of hydrogen-bond acceptors (Lipinski definition) is 2. The standard InChI is InChI=1S/C17H23N3O/c1-12-8-13(2)16(14(3)9-12)11-20-17(18-4)19-10-15-6-5-7-21-15/h5-9H,10-11H2,1-4H3,(H2,18,19,20). The molecule has 0 aliphatic carbocycles. The Morgan fingerprint density at radius 2 is 1.76 bits per heavy atom. The van der Waals surface area contributed by atoms with Crippen LogP contribution in [0.3, 0.4) is 0 Å². The van der Waals surface area contributed by atoms with Gasteiger partial charge in [0.05, 0.1) is 12.8 Å². The van der Waals surface area contributed by atoms with E-state index < -0.39 is 0 Å². The molecule has 2 rings (SSSR count). The summed E-state index contributed by atoms with van der Waals surface area (Å²) in [6.45, 7) is 7.81. The van der Waals surface area contributed by atoms with Crippen LogP contribution >= 0.6 is 0 Å². The van der Waals surface area contributed by atoms with Gasteiger partial charge >= 0.3 is 0 Å². The second-order valence-electron chi connectivity index (χ2n) is 5.24. The fourth-order valence-corrected chi connectivity index (χ4v) is 2.47. The van der Waals surface area contributed by atoms with E-state index in [1.54, 1.807) is 13.3 Å². The van der Waals surface area contributed by atoms with E-state index in [0.717, 1.165) is 18.3 Å². The molecule has 0 amide bonds. The minimum Gasteiger partial charge on any atom is -0.467 e. The Balaban J connectivity index is 1.94. The highest BCUT2D eigenvalue weighted by atomic mass is 16.3. The molecule has 2 N–H and O–H groups in total. The van der Waals surface area contributed by atoms with Crippen LogP contribution in [0.1, 0.15) is 28.0 Å². The number of hydrogen-bond donors (Lipinski definition) is 2. The van der Waals surface area contributed by atoms with Gasteiger partial charge in [-0.2, -0.15) is 0 Å². The molecule has 0 atom stereocenters. The number of rotatable bonds is 4. The summed E-state index contributed by atoms with van der Waals surface area (Å²) in [5, 5.41) is 6.58. The molecule has 1 heterocycles. The van der Waals surface area contributed by atoms with Gasteiger partial charge in [0.25, 0.3) is 0 Å². The van der Waals surface area contributed by atoms with Crippen LogP contribution in [0.15, 0.2) is 39.9 Å². The van der Waals surface area contributed by atoms with Crippen LogP contribution in [-0.2, 0) is 13.1 Å². The highest BCUT2D eigenvalue weighted by molar-refractivity contribution is 5.79. The van der Waals surface area contributed by atoms with Crippen LogP contribution in [0.2, 0.25) is 0 Å². The van der Waals surface area contributed by atoms with Crippen LogP contribution in [-0.4, -0.2) is 13.0 Å². The molecular weight excluding hydrogens is 262 g/mol. The first-order valence-corrected chi connectivity index (χ1v) is 7.13. The van der Waals surface area contributed by atoms with E-state index in [1.165, 1.54) is 22.3 Å². The first-order chi connectivity index (χ1) is 10.1. The van der Waals surface area contributed by atoms with Crippen LogP contribution in [0.25, 0.3) is 0 Å². The summed E-state index contributed by atoms with van der Waals surface area (Å²) in [5.74, 6) is 1.66. The molecule has 0 saturated heterocycles. The SMILES string of the molecule is CN=C(NCc1ccco1)NCc1c(C)cc(C)cc1C. The third-order valence-corrected chi connectivity index (χ3v) is 3.51. The molecule has 112 valence electrons. The van der Waals surface area contributed by atoms with Crippen molar-refractivity contribution in [3.8, 4) is 0 Å². The minimum atomic E-state index is 0.624. The van der Waals surface area contributed by atoms with Crippen molar-refractivity contribution in [2.24, 2.45) is 4.99 Å². The summed E-state index contributed by atoms with van der Waals surface area (Å²) in [7, 11) is 1.77. The van der Waals surface area contributed by atoms with E-state index in [9.17, 15) is 0 Å². The van der Waals surface area contributed by atoms with Gasteiger partial charge in [-0.3, -0.25) is 4.99 Å². The van der Waals surface area contributed by atoms with Crippen molar-refractivity contribution in [2.75, 3.05) is 7.05 Å². The van der Waals surface area contributed by atoms with Gasteiger partial charge in [-0.25, -0.2) is 0 Å². The first kappa shape index (κ1) is 15.2. The Labute approximate surface area is 126 Å². The minimum absolute atomic E-state index is 0.624. The Bertz CT molecular complexity index is 592. The largest absolute Gasteiger partial charge is 0.467 e. The Morgan fingerprint density at radius 3 is 2.33 bits per heavy atom. The van der Waals surface area contributed by atoms with E-state index in [-0.39, 0.29) is 0 Å². The fourth-order valence-electron chi connectivity index (χ4n) is 2.47. The second kappa shape index (κ2) is 6.97. The summed E-state index contributed by atoms with van der Waals surface area (Å²) < 4.78 is 5.30. The number of nitrogens with zero attached hydrogens (tertiary/aromatic N) is 1. The third-order valence-electron chi connectivity index (χ3n) is 3.51. The lowest BCUT2D eigenvalue weighted by molar-refractivity contribution is 0.501. The van der Waals surface area contributed by atoms with Crippen LogP contribution in [0.5, 0.6) is 0 Å². The van der Waals surface area contributed by atoms with Crippen LogP contribution < -0.4 is 10.6 Å². The van der Waals surface area contributed by atoms with Crippen LogP contribution in [0.4, 0.5) is 0 Å². The van der Waals surface area contributed by atoms with Gasteiger partial charge in [-0.05, 0) is 49.6 Å². The van der Waals surface area contributed by atoms with E-state index in [2.05, 4.69) is 48.5 Å². The topological polar surface area (TPSA) is 49.6 Å². The molecule has 0 bridgehead atoms. The molecule has 4 nitrogen and oxygen atoms in total. The monoisotopic (exact) mass is 285 g/mol. The zero-order valence-corrected chi connectivity index (χ0v) is 13.2. The van der Waals surface area contributed by atoms with Gasteiger partial charge in [0, 0.05) is 13.6 Å². The predicted molar refractivity (Wildman–Crippen MR) is 86.4 cm³/mol. The van der Waals surface area contributed by atoms with E-state index in [1.807, 2.05) is 12.1 Å². The van der Waals surface area contributed by atoms with Crippen molar-refractivity contribution < 1.29 is 4.42 Å². The maximum atomic E-state index is 5.30. The molecule has 0 aliphatic rings. The molecule has 21 heavy (non-hydrogen) atoms. The molecule has 1 aromatic heterocycles. The van der Waals surface area contributed by atoms with Gasteiger partial charge in [-0.1, -0.05) is 17.7 Å². The van der Waals surface area contributed by atoms with Crippen molar-refractivity contribution in [3.05, 3.63) is 58.5 Å². The lowest BCUT2D eigenvalue weighted by Gasteiger charge is -2.15. The van der Waals surface area contributed by atoms with Gasteiger partial charge in [0.1, 0.15) is 5.76 Å². The molecule has 0 unspecified atom stereocenters. The number of aryl methyl sites for hydroxylation is 3. The Kier molecular flexibility index (Phi) is 5.04. The molecule has 0 fully saturated rings. The second-order valence-corrected chi connectivity index (χ2v) is 5.24. The number of nitrogens with one attached hydrogen (secondary N) is 2. The molecule has 0 aliphatic heterocycles. The van der Waals surface area contributed by atoms with E-state index in [0.29, 0.717) is 6.54 Å². The van der Waals surface area contributed by atoms with Crippen molar-refractivity contribution in [1.29, 1.82) is 0 Å².